The quantitative estimate of drug-likeness (QED) is 0.0240. The molecular formula is C48H84NO8P. The number of phosphoric acid groups is 1. The zero-order valence-electron chi connectivity index (χ0n) is 36.7. The average molecular weight is 834 g/mol. The van der Waals surface area contributed by atoms with Gasteiger partial charge in [-0.2, -0.15) is 0 Å². The van der Waals surface area contributed by atoms with Crippen molar-refractivity contribution in [1.82, 2.24) is 5.32 Å². The minimum Gasteiger partial charge on any atom is -0.463 e. The topological polar surface area (TPSA) is 131 Å². The Morgan fingerprint density at radius 3 is 1.41 bits per heavy atom. The third-order valence-corrected chi connectivity index (χ3v) is 10.4. The molecule has 2 unspecified atom stereocenters. The van der Waals surface area contributed by atoms with E-state index >= 15 is 0 Å². The maximum absolute atomic E-state index is 12.1. The summed E-state index contributed by atoms with van der Waals surface area (Å²) < 4.78 is 26.8. The first kappa shape index (κ1) is 55.5. The number of carbonyl (C=O) groups excluding carboxylic acids is 2. The Morgan fingerprint density at radius 2 is 0.966 bits per heavy atom. The molecule has 10 heteroatoms. The fraction of sp³-hybridized carbons (Fsp3) is 0.708. The van der Waals surface area contributed by atoms with Crippen LogP contribution in [-0.4, -0.2) is 54.3 Å². The number of hydrogen-bond acceptors (Lipinski definition) is 7. The summed E-state index contributed by atoms with van der Waals surface area (Å²) in [5.74, 6) is -0.602. The number of aliphatic hydroxyl groups excluding tert-OH is 1. The molecule has 3 N–H and O–H groups in total. The van der Waals surface area contributed by atoms with Gasteiger partial charge >= 0.3 is 13.8 Å². The minimum absolute atomic E-state index is 0.0721. The van der Waals surface area contributed by atoms with Crippen LogP contribution in [0.15, 0.2) is 72.9 Å². The number of nitrogens with one attached hydrogen (secondary N) is 1. The van der Waals surface area contributed by atoms with Gasteiger partial charge < -0.3 is 20.1 Å². The van der Waals surface area contributed by atoms with E-state index in [1.807, 2.05) is 12.2 Å². The van der Waals surface area contributed by atoms with Gasteiger partial charge in [-0.3, -0.25) is 18.6 Å². The molecule has 58 heavy (non-hydrogen) atoms. The van der Waals surface area contributed by atoms with E-state index in [2.05, 4.69) is 79.9 Å². The molecule has 0 aliphatic rings. The Balaban J connectivity index is 3.68. The van der Waals surface area contributed by atoms with Crippen molar-refractivity contribution < 1.29 is 37.9 Å². The summed E-state index contributed by atoms with van der Waals surface area (Å²) in [5, 5.41) is 12.7. The summed E-state index contributed by atoms with van der Waals surface area (Å²) >= 11 is 0. The lowest BCUT2D eigenvalue weighted by Crippen LogP contribution is -2.27. The van der Waals surface area contributed by atoms with Gasteiger partial charge in [-0.15, -0.1) is 0 Å². The van der Waals surface area contributed by atoms with Crippen LogP contribution in [0.3, 0.4) is 0 Å². The largest absolute Gasteiger partial charge is 0.472 e. The number of ether oxygens (including phenoxy) is 1. The Morgan fingerprint density at radius 1 is 0.552 bits per heavy atom. The Bertz CT molecular complexity index is 1180. The second-order valence-corrected chi connectivity index (χ2v) is 16.5. The summed E-state index contributed by atoms with van der Waals surface area (Å²) in [4.78, 5) is 33.9. The molecule has 0 aliphatic carbocycles. The minimum atomic E-state index is -4.44. The monoisotopic (exact) mass is 834 g/mol. The molecule has 0 aliphatic heterocycles. The molecule has 1 amide bonds. The lowest BCUT2D eigenvalue weighted by atomic mass is 10.0. The summed E-state index contributed by atoms with van der Waals surface area (Å²) in [6.07, 6.45) is 54.2. The standard InChI is InChI=1S/C48H84NO8P/c1-3-5-7-9-11-13-15-17-19-21-23-25-27-29-31-33-35-37-39-41-48(52)55-44-46(50)45-57-58(53,54)56-43-42-49-47(51)40-38-36-34-32-30-28-26-24-22-20-18-16-14-12-10-8-6-4-2/h5,7,11,13,17,19,23,25,29,31,35,37,46,50H,3-4,6,8-10,12,14-16,18,20-22,24,26-28,30,32-34,36,38-45H2,1-2H3,(H,49,51)(H,53,54)/b7-5-,13-11-,19-17-,25-23-,31-29-,37-35-. The fourth-order valence-electron chi connectivity index (χ4n) is 5.99. The van der Waals surface area contributed by atoms with Gasteiger partial charge in [0.25, 0.3) is 0 Å². The van der Waals surface area contributed by atoms with Gasteiger partial charge in [-0.1, -0.05) is 196 Å². The van der Waals surface area contributed by atoms with E-state index in [-0.39, 0.29) is 32.1 Å². The maximum atomic E-state index is 12.1. The summed E-state index contributed by atoms with van der Waals surface area (Å²) in [5.41, 5.74) is 0. The van der Waals surface area contributed by atoms with Gasteiger partial charge in [0.15, 0.2) is 0 Å². The average Bonchev–Trinajstić information content (AvgIpc) is 3.21. The molecule has 9 nitrogen and oxygen atoms in total. The molecule has 334 valence electrons. The third kappa shape index (κ3) is 44.6. The van der Waals surface area contributed by atoms with Crippen LogP contribution >= 0.6 is 7.82 Å². The van der Waals surface area contributed by atoms with E-state index in [9.17, 15) is 24.2 Å². The van der Waals surface area contributed by atoms with Crippen LogP contribution in [0.2, 0.25) is 0 Å². The molecule has 0 fully saturated rings. The first-order valence-electron chi connectivity index (χ1n) is 22.9. The first-order valence-corrected chi connectivity index (χ1v) is 24.4. The molecule has 0 saturated carbocycles. The molecule has 0 aromatic rings. The summed E-state index contributed by atoms with van der Waals surface area (Å²) in [6, 6.07) is 0. The molecule has 0 heterocycles. The van der Waals surface area contributed by atoms with Gasteiger partial charge in [0.2, 0.25) is 5.91 Å². The molecule has 0 spiro atoms. The van der Waals surface area contributed by atoms with E-state index in [0.29, 0.717) is 12.8 Å². The van der Waals surface area contributed by atoms with Crippen LogP contribution in [0, 0.1) is 0 Å². The van der Waals surface area contributed by atoms with E-state index < -0.39 is 26.5 Å². The smallest absolute Gasteiger partial charge is 0.463 e. The van der Waals surface area contributed by atoms with Crippen molar-refractivity contribution in [3.8, 4) is 0 Å². The summed E-state index contributed by atoms with van der Waals surface area (Å²) in [6.45, 7) is 3.36. The third-order valence-electron chi connectivity index (χ3n) is 9.41. The number of allylic oxidation sites excluding steroid dienone is 12. The van der Waals surface area contributed by atoms with Crippen LogP contribution in [-0.2, 0) is 27.9 Å². The number of rotatable bonds is 42. The van der Waals surface area contributed by atoms with Gasteiger partial charge in [0.05, 0.1) is 13.2 Å². The van der Waals surface area contributed by atoms with Crippen molar-refractivity contribution in [2.24, 2.45) is 0 Å². The van der Waals surface area contributed by atoms with Crippen molar-refractivity contribution in [3.05, 3.63) is 72.9 Å². The highest BCUT2D eigenvalue weighted by Gasteiger charge is 2.23. The molecule has 2 atom stereocenters. The Kier molecular flexibility index (Phi) is 42.1. The van der Waals surface area contributed by atoms with Gasteiger partial charge in [0.1, 0.15) is 12.7 Å². The normalized spacial score (nSPS) is 13.9. The zero-order valence-corrected chi connectivity index (χ0v) is 37.6. The van der Waals surface area contributed by atoms with Crippen LogP contribution in [0.4, 0.5) is 0 Å². The Hall–Kier alpha value is -2.55. The number of carbonyl (C=O) groups is 2. The number of hydrogen-bond donors (Lipinski definition) is 3. The second-order valence-electron chi connectivity index (χ2n) is 15.0. The highest BCUT2D eigenvalue weighted by atomic mass is 31.2. The number of amides is 1. The zero-order chi connectivity index (χ0) is 42.5. The lowest BCUT2D eigenvalue weighted by Gasteiger charge is -2.15. The molecule has 0 aromatic heterocycles. The Labute approximate surface area is 354 Å². The first-order chi connectivity index (χ1) is 28.3. The molecule has 0 aromatic carbocycles. The van der Waals surface area contributed by atoms with E-state index in [1.165, 1.54) is 96.3 Å². The highest BCUT2D eigenvalue weighted by molar-refractivity contribution is 7.47. The van der Waals surface area contributed by atoms with Crippen LogP contribution in [0.25, 0.3) is 0 Å². The number of aliphatic hydroxyl groups is 1. The van der Waals surface area contributed by atoms with Crippen LogP contribution in [0.5, 0.6) is 0 Å². The van der Waals surface area contributed by atoms with Crippen molar-refractivity contribution in [1.29, 1.82) is 0 Å². The van der Waals surface area contributed by atoms with Crippen LogP contribution < -0.4 is 5.32 Å². The molecule has 0 rings (SSSR count). The van der Waals surface area contributed by atoms with Crippen molar-refractivity contribution in [3.63, 3.8) is 0 Å². The fourth-order valence-corrected chi connectivity index (χ4v) is 6.75. The number of unbranched alkanes of at least 4 members (excludes halogenated alkanes) is 17. The molecular weight excluding hydrogens is 750 g/mol. The summed E-state index contributed by atoms with van der Waals surface area (Å²) in [7, 11) is -4.44. The van der Waals surface area contributed by atoms with Crippen molar-refractivity contribution in [2.75, 3.05) is 26.4 Å². The second kappa shape index (κ2) is 44.0. The van der Waals surface area contributed by atoms with Gasteiger partial charge in [-0.05, 0) is 51.4 Å². The van der Waals surface area contributed by atoms with Gasteiger partial charge in [-0.25, -0.2) is 4.57 Å². The number of esters is 1. The van der Waals surface area contributed by atoms with E-state index in [0.717, 1.165) is 57.8 Å². The lowest BCUT2D eigenvalue weighted by molar-refractivity contribution is -0.147. The molecule has 0 saturated heterocycles. The van der Waals surface area contributed by atoms with E-state index in [1.54, 1.807) is 0 Å². The molecule has 0 bridgehead atoms. The predicted octanol–water partition coefficient (Wildman–Crippen LogP) is 13.0. The maximum Gasteiger partial charge on any atom is 0.472 e. The molecule has 0 radical (unpaired) electrons. The van der Waals surface area contributed by atoms with Crippen LogP contribution in [0.1, 0.15) is 187 Å². The highest BCUT2D eigenvalue weighted by Crippen LogP contribution is 2.42. The van der Waals surface area contributed by atoms with Gasteiger partial charge in [0, 0.05) is 19.4 Å². The number of phosphoric ester groups is 1. The van der Waals surface area contributed by atoms with Crippen molar-refractivity contribution >= 4 is 19.7 Å². The predicted molar refractivity (Wildman–Crippen MR) is 243 cm³/mol. The van der Waals surface area contributed by atoms with E-state index in [4.69, 9.17) is 13.8 Å². The SMILES string of the molecule is CC/C=C\C/C=C\C/C=C\C/C=C\C/C=C\C/C=C\CCC(=O)OCC(O)COP(=O)(O)OCCNC(=O)CCCCCCCCCCCCCCCCCCCC. The van der Waals surface area contributed by atoms with Crippen molar-refractivity contribution in [2.45, 2.75) is 193 Å².